The number of fused-ring (bicyclic) bond motifs is 1. The molecule has 1 aromatic heterocycles. The molecule has 0 amide bonds. The van der Waals surface area contributed by atoms with Crippen LogP contribution in [0.4, 0.5) is 0 Å². The van der Waals surface area contributed by atoms with Crippen LogP contribution in [-0.2, 0) is 13.7 Å². The Morgan fingerprint density at radius 1 is 1.00 bits per heavy atom. The summed E-state index contributed by atoms with van der Waals surface area (Å²) in [6.45, 7) is 2.65. The summed E-state index contributed by atoms with van der Waals surface area (Å²) in [5, 5.41) is 1.28. The molecule has 3 nitrogen and oxygen atoms in total. The van der Waals surface area contributed by atoms with Gasteiger partial charge in [0, 0.05) is 18.0 Å². The van der Waals surface area contributed by atoms with Crippen LogP contribution in [0.2, 0.25) is 0 Å². The third kappa shape index (κ3) is 2.47. The van der Waals surface area contributed by atoms with E-state index in [9.17, 15) is 0 Å². The molecule has 3 heteroatoms. The van der Waals surface area contributed by atoms with Gasteiger partial charge in [0.1, 0.15) is 6.61 Å². The number of hydrogen-bond donors (Lipinski definition) is 0. The van der Waals surface area contributed by atoms with Crippen molar-refractivity contribution in [3.05, 3.63) is 59.8 Å². The average Bonchev–Trinajstić information content (AvgIpc) is 2.84. The molecular formula is C18H19NO2. The van der Waals surface area contributed by atoms with Crippen LogP contribution < -0.4 is 9.47 Å². The van der Waals surface area contributed by atoms with Crippen molar-refractivity contribution in [3.63, 3.8) is 0 Å². The fourth-order valence-electron chi connectivity index (χ4n) is 2.59. The summed E-state index contributed by atoms with van der Waals surface area (Å²) in [6.07, 6.45) is 0. The van der Waals surface area contributed by atoms with Crippen LogP contribution in [0, 0.1) is 6.92 Å². The minimum atomic E-state index is 0.519. The molecule has 0 fully saturated rings. The number of methoxy groups -OCH3 is 1. The van der Waals surface area contributed by atoms with E-state index in [2.05, 4.69) is 42.8 Å². The van der Waals surface area contributed by atoms with Crippen molar-refractivity contribution in [3.8, 4) is 11.5 Å². The number of rotatable bonds is 4. The maximum Gasteiger partial charge on any atom is 0.161 e. The summed E-state index contributed by atoms with van der Waals surface area (Å²) in [5.74, 6) is 1.52. The molecule has 1 heterocycles. The third-order valence-electron chi connectivity index (χ3n) is 3.85. The first-order valence-electron chi connectivity index (χ1n) is 7.00. The normalized spacial score (nSPS) is 10.8. The molecule has 0 saturated carbocycles. The molecule has 0 N–H and O–H groups in total. The number of nitrogens with zero attached hydrogens (tertiary/aromatic N) is 1. The predicted octanol–water partition coefficient (Wildman–Crippen LogP) is 4.07. The van der Waals surface area contributed by atoms with Crippen molar-refractivity contribution in [2.24, 2.45) is 7.05 Å². The van der Waals surface area contributed by atoms with E-state index < -0.39 is 0 Å². The van der Waals surface area contributed by atoms with Crippen LogP contribution in [0.15, 0.2) is 48.5 Å². The molecule has 0 saturated heterocycles. The van der Waals surface area contributed by atoms with Crippen LogP contribution >= 0.6 is 0 Å². The Balaban J connectivity index is 1.89. The zero-order valence-corrected chi connectivity index (χ0v) is 12.6. The highest BCUT2D eigenvalue weighted by Crippen LogP contribution is 2.28. The standard InChI is InChI=1S/C18H19NO2/c1-13-7-6-8-16-15(13)11-14(19(16)2)12-21-18-10-5-4-9-17(18)20-3/h4-11H,12H2,1-3H3. The summed E-state index contributed by atoms with van der Waals surface area (Å²) < 4.78 is 13.4. The Hall–Kier alpha value is -2.42. The maximum atomic E-state index is 5.92. The van der Waals surface area contributed by atoms with Gasteiger partial charge in [0.05, 0.1) is 12.8 Å². The highest BCUT2D eigenvalue weighted by atomic mass is 16.5. The Morgan fingerprint density at radius 2 is 1.76 bits per heavy atom. The van der Waals surface area contributed by atoms with Crippen LogP contribution in [-0.4, -0.2) is 11.7 Å². The number of benzene rings is 2. The average molecular weight is 281 g/mol. The summed E-state index contributed by atoms with van der Waals surface area (Å²) in [7, 11) is 3.73. The number of ether oxygens (including phenoxy) is 2. The SMILES string of the molecule is COc1ccccc1OCc1cc2c(C)cccc2n1C. The van der Waals surface area contributed by atoms with Gasteiger partial charge >= 0.3 is 0 Å². The summed E-state index contributed by atoms with van der Waals surface area (Å²) in [6, 6.07) is 16.3. The number of aryl methyl sites for hydroxylation is 2. The van der Waals surface area contributed by atoms with Crippen molar-refractivity contribution in [1.82, 2.24) is 4.57 Å². The molecule has 0 aliphatic rings. The molecule has 0 aliphatic heterocycles. The van der Waals surface area contributed by atoms with Crippen LogP contribution in [0.25, 0.3) is 10.9 Å². The smallest absolute Gasteiger partial charge is 0.161 e. The molecule has 0 radical (unpaired) electrons. The van der Waals surface area contributed by atoms with E-state index in [1.54, 1.807) is 7.11 Å². The fraction of sp³-hybridized carbons (Fsp3) is 0.222. The topological polar surface area (TPSA) is 23.4 Å². The van der Waals surface area contributed by atoms with E-state index in [0.717, 1.165) is 17.2 Å². The second-order valence-electron chi connectivity index (χ2n) is 5.14. The van der Waals surface area contributed by atoms with Gasteiger partial charge in [-0.3, -0.25) is 0 Å². The molecule has 3 aromatic rings. The van der Waals surface area contributed by atoms with Crippen LogP contribution in [0.1, 0.15) is 11.3 Å². The first-order chi connectivity index (χ1) is 10.2. The molecule has 21 heavy (non-hydrogen) atoms. The highest BCUT2D eigenvalue weighted by Gasteiger charge is 2.09. The Kier molecular flexibility index (Phi) is 3.57. The fourth-order valence-corrected chi connectivity index (χ4v) is 2.59. The van der Waals surface area contributed by atoms with Crippen molar-refractivity contribution in [2.75, 3.05) is 7.11 Å². The summed E-state index contributed by atoms with van der Waals surface area (Å²) in [4.78, 5) is 0. The van der Waals surface area contributed by atoms with E-state index in [-0.39, 0.29) is 0 Å². The zero-order valence-electron chi connectivity index (χ0n) is 12.6. The van der Waals surface area contributed by atoms with Gasteiger partial charge in [-0.15, -0.1) is 0 Å². The van der Waals surface area contributed by atoms with Gasteiger partial charge in [0.2, 0.25) is 0 Å². The first-order valence-corrected chi connectivity index (χ1v) is 7.00. The molecule has 0 aliphatic carbocycles. The van der Waals surface area contributed by atoms with Crippen molar-refractivity contribution in [2.45, 2.75) is 13.5 Å². The molecule has 0 bridgehead atoms. The molecule has 0 unspecified atom stereocenters. The van der Waals surface area contributed by atoms with Gasteiger partial charge in [-0.05, 0) is 36.8 Å². The van der Waals surface area contributed by atoms with Gasteiger partial charge in [-0.25, -0.2) is 0 Å². The molecule has 0 spiro atoms. The van der Waals surface area contributed by atoms with E-state index in [0.29, 0.717) is 6.61 Å². The molecule has 3 rings (SSSR count). The van der Waals surface area contributed by atoms with E-state index in [1.165, 1.54) is 16.5 Å². The van der Waals surface area contributed by atoms with Crippen molar-refractivity contribution >= 4 is 10.9 Å². The number of para-hydroxylation sites is 2. The van der Waals surface area contributed by atoms with Gasteiger partial charge in [0.25, 0.3) is 0 Å². The Morgan fingerprint density at radius 3 is 2.48 bits per heavy atom. The second-order valence-corrected chi connectivity index (χ2v) is 5.14. The van der Waals surface area contributed by atoms with E-state index in [4.69, 9.17) is 9.47 Å². The lowest BCUT2D eigenvalue weighted by Crippen LogP contribution is -2.02. The molecule has 0 atom stereocenters. The number of aromatic nitrogens is 1. The van der Waals surface area contributed by atoms with Crippen LogP contribution in [0.3, 0.4) is 0 Å². The quantitative estimate of drug-likeness (QED) is 0.719. The lowest BCUT2D eigenvalue weighted by Gasteiger charge is -2.10. The van der Waals surface area contributed by atoms with Gasteiger partial charge < -0.3 is 14.0 Å². The van der Waals surface area contributed by atoms with Crippen molar-refractivity contribution < 1.29 is 9.47 Å². The third-order valence-corrected chi connectivity index (χ3v) is 3.85. The predicted molar refractivity (Wildman–Crippen MR) is 85.0 cm³/mol. The Bertz CT molecular complexity index is 774. The van der Waals surface area contributed by atoms with E-state index in [1.807, 2.05) is 24.3 Å². The van der Waals surface area contributed by atoms with E-state index >= 15 is 0 Å². The summed E-state index contributed by atoms with van der Waals surface area (Å²) in [5.41, 5.74) is 3.66. The Labute approximate surface area is 124 Å². The lowest BCUT2D eigenvalue weighted by atomic mass is 10.1. The minimum absolute atomic E-state index is 0.519. The summed E-state index contributed by atoms with van der Waals surface area (Å²) >= 11 is 0. The molecular weight excluding hydrogens is 262 g/mol. The van der Waals surface area contributed by atoms with Gasteiger partial charge in [-0.2, -0.15) is 0 Å². The van der Waals surface area contributed by atoms with Crippen molar-refractivity contribution in [1.29, 1.82) is 0 Å². The molecule has 108 valence electrons. The van der Waals surface area contributed by atoms with Gasteiger partial charge in [0.15, 0.2) is 11.5 Å². The van der Waals surface area contributed by atoms with Crippen LogP contribution in [0.5, 0.6) is 11.5 Å². The maximum absolute atomic E-state index is 5.92. The van der Waals surface area contributed by atoms with Gasteiger partial charge in [-0.1, -0.05) is 24.3 Å². The minimum Gasteiger partial charge on any atom is -0.493 e. The second kappa shape index (κ2) is 5.52. The highest BCUT2D eigenvalue weighted by molar-refractivity contribution is 5.84. The lowest BCUT2D eigenvalue weighted by molar-refractivity contribution is 0.278. The molecule has 2 aromatic carbocycles. The largest absolute Gasteiger partial charge is 0.493 e. The first kappa shape index (κ1) is 13.6. The zero-order chi connectivity index (χ0) is 14.8. The number of hydrogen-bond acceptors (Lipinski definition) is 2. The monoisotopic (exact) mass is 281 g/mol.